The molecule has 0 spiro atoms. The lowest BCUT2D eigenvalue weighted by Crippen LogP contribution is -1.89. The van der Waals surface area contributed by atoms with Crippen LogP contribution in [0.4, 0.5) is 0 Å². The van der Waals surface area contributed by atoms with Crippen LogP contribution in [-0.4, -0.2) is 11.2 Å². The molecule has 2 nitrogen and oxygen atoms in total. The van der Waals surface area contributed by atoms with Gasteiger partial charge < -0.3 is 4.98 Å². The van der Waals surface area contributed by atoms with Crippen molar-refractivity contribution in [3.05, 3.63) is 39.9 Å². The highest BCUT2D eigenvalue weighted by atomic mass is 14.8. The fraction of sp³-hybridized carbons (Fsp3) is 0.357. The molecule has 2 rings (SSSR count). The van der Waals surface area contributed by atoms with Gasteiger partial charge in [-0.15, -0.1) is 0 Å². The lowest BCUT2D eigenvalue weighted by Gasteiger charge is -2.06. The van der Waals surface area contributed by atoms with Gasteiger partial charge in [0.1, 0.15) is 0 Å². The van der Waals surface area contributed by atoms with Gasteiger partial charge in [0, 0.05) is 18.1 Å². The Morgan fingerprint density at radius 2 is 1.88 bits per heavy atom. The zero-order valence-corrected chi connectivity index (χ0v) is 10.6. The molecule has 84 valence electrons. The Bertz CT molecular complexity index is 525. The molecule has 0 saturated carbocycles. The van der Waals surface area contributed by atoms with Crippen molar-refractivity contribution in [2.24, 2.45) is 4.99 Å². The predicted octanol–water partition coefficient (Wildman–Crippen LogP) is 3.78. The van der Waals surface area contributed by atoms with Gasteiger partial charge in [0.05, 0.1) is 5.70 Å². The summed E-state index contributed by atoms with van der Waals surface area (Å²) in [5.41, 5.74) is 8.71. The Balaban J connectivity index is 2.55. The highest BCUT2D eigenvalue weighted by Gasteiger charge is 2.15. The van der Waals surface area contributed by atoms with Crippen LogP contribution in [-0.2, 0) is 0 Å². The summed E-state index contributed by atoms with van der Waals surface area (Å²) in [6.07, 6.45) is 4.00. The van der Waals surface area contributed by atoms with Gasteiger partial charge in [-0.2, -0.15) is 0 Å². The van der Waals surface area contributed by atoms with Crippen LogP contribution in [0.2, 0.25) is 0 Å². The summed E-state index contributed by atoms with van der Waals surface area (Å²) in [6, 6.07) is 0. The van der Waals surface area contributed by atoms with Gasteiger partial charge in [0.15, 0.2) is 0 Å². The summed E-state index contributed by atoms with van der Waals surface area (Å²) in [5.74, 6) is 0. The molecule has 0 aromatic carbocycles. The van der Waals surface area contributed by atoms with E-state index in [-0.39, 0.29) is 0 Å². The molecule has 1 N–H and O–H groups in total. The molecule has 16 heavy (non-hydrogen) atoms. The Kier molecular flexibility index (Phi) is 2.58. The number of hydrogen-bond acceptors (Lipinski definition) is 1. The van der Waals surface area contributed by atoms with Crippen LogP contribution in [0.15, 0.2) is 28.0 Å². The van der Waals surface area contributed by atoms with Gasteiger partial charge in [0.2, 0.25) is 0 Å². The van der Waals surface area contributed by atoms with Crippen molar-refractivity contribution < 1.29 is 0 Å². The van der Waals surface area contributed by atoms with Crippen LogP contribution in [0.1, 0.15) is 37.6 Å². The van der Waals surface area contributed by atoms with Gasteiger partial charge in [-0.25, -0.2) is 0 Å². The van der Waals surface area contributed by atoms with Crippen LogP contribution in [0.5, 0.6) is 0 Å². The van der Waals surface area contributed by atoms with Crippen LogP contribution in [0, 0.1) is 13.8 Å². The molecule has 0 amide bonds. The number of aromatic amines is 1. The van der Waals surface area contributed by atoms with E-state index in [0.29, 0.717) is 0 Å². The first-order valence-electron chi connectivity index (χ1n) is 5.60. The molecule has 0 saturated heterocycles. The summed E-state index contributed by atoms with van der Waals surface area (Å²) in [4.78, 5) is 7.82. The standard InChI is InChI=1S/C14H18N2/c1-8-6-15-13(10(8)3)12(5)14-11(4)9(2)7-16-14/h6-7,15H,1-5H3. The number of aliphatic imine (C=N–C) groups is 1. The van der Waals surface area contributed by atoms with Crippen molar-refractivity contribution in [1.29, 1.82) is 0 Å². The molecule has 2 heterocycles. The highest BCUT2D eigenvalue weighted by Crippen LogP contribution is 2.30. The van der Waals surface area contributed by atoms with E-state index in [9.17, 15) is 0 Å². The monoisotopic (exact) mass is 214 g/mol. The summed E-state index contributed by atoms with van der Waals surface area (Å²) in [7, 11) is 0. The van der Waals surface area contributed by atoms with Crippen molar-refractivity contribution in [1.82, 2.24) is 4.98 Å². The molecule has 1 aliphatic heterocycles. The maximum absolute atomic E-state index is 4.48. The number of aryl methyl sites for hydroxylation is 1. The quantitative estimate of drug-likeness (QED) is 0.737. The number of rotatable bonds is 1. The average Bonchev–Trinajstić information content (AvgIpc) is 2.74. The Labute approximate surface area is 96.8 Å². The minimum absolute atomic E-state index is 1.11. The van der Waals surface area contributed by atoms with Crippen LogP contribution in [0.3, 0.4) is 0 Å². The van der Waals surface area contributed by atoms with E-state index in [1.165, 1.54) is 33.5 Å². The Hall–Kier alpha value is -1.57. The maximum atomic E-state index is 4.48. The van der Waals surface area contributed by atoms with Crippen molar-refractivity contribution in [2.75, 3.05) is 0 Å². The third-order valence-electron chi connectivity index (χ3n) is 3.46. The molecule has 1 aliphatic rings. The second-order valence-corrected chi connectivity index (χ2v) is 4.51. The van der Waals surface area contributed by atoms with Crippen molar-refractivity contribution >= 4 is 11.8 Å². The highest BCUT2D eigenvalue weighted by molar-refractivity contribution is 5.89. The SMILES string of the molecule is CC1=C(C)C(=C(C)c2[nH]cc(C)c2C)N=C1. The second-order valence-electron chi connectivity index (χ2n) is 4.51. The van der Waals surface area contributed by atoms with Crippen LogP contribution < -0.4 is 0 Å². The first-order chi connectivity index (χ1) is 7.52. The zero-order chi connectivity index (χ0) is 11.9. The topological polar surface area (TPSA) is 28.1 Å². The second kappa shape index (κ2) is 3.78. The van der Waals surface area contributed by atoms with Crippen molar-refractivity contribution in [2.45, 2.75) is 34.6 Å². The van der Waals surface area contributed by atoms with E-state index >= 15 is 0 Å². The maximum Gasteiger partial charge on any atom is 0.0712 e. The smallest absolute Gasteiger partial charge is 0.0712 e. The first-order valence-corrected chi connectivity index (χ1v) is 5.60. The van der Waals surface area contributed by atoms with E-state index in [1.54, 1.807) is 0 Å². The fourth-order valence-corrected chi connectivity index (χ4v) is 2.02. The molecule has 0 radical (unpaired) electrons. The number of aromatic nitrogens is 1. The molecule has 0 unspecified atom stereocenters. The third kappa shape index (κ3) is 1.54. The number of H-pyrrole nitrogens is 1. The minimum atomic E-state index is 1.11. The van der Waals surface area contributed by atoms with Gasteiger partial charge >= 0.3 is 0 Å². The molecule has 0 aliphatic carbocycles. The van der Waals surface area contributed by atoms with Crippen molar-refractivity contribution in [3.8, 4) is 0 Å². The minimum Gasteiger partial charge on any atom is -0.361 e. The molecule has 0 atom stereocenters. The van der Waals surface area contributed by atoms with E-state index in [0.717, 1.165) is 5.70 Å². The number of nitrogens with zero attached hydrogens (tertiary/aromatic N) is 1. The lowest BCUT2D eigenvalue weighted by atomic mass is 10.0. The van der Waals surface area contributed by atoms with Crippen molar-refractivity contribution in [3.63, 3.8) is 0 Å². The largest absolute Gasteiger partial charge is 0.361 e. The van der Waals surface area contributed by atoms with Gasteiger partial charge in [-0.1, -0.05) is 0 Å². The number of hydrogen-bond donors (Lipinski definition) is 1. The van der Waals surface area contributed by atoms with Gasteiger partial charge in [-0.3, -0.25) is 4.99 Å². The molecule has 1 aromatic heterocycles. The van der Waals surface area contributed by atoms with Crippen LogP contribution >= 0.6 is 0 Å². The number of allylic oxidation sites excluding steroid dienone is 3. The zero-order valence-electron chi connectivity index (χ0n) is 10.6. The fourth-order valence-electron chi connectivity index (χ4n) is 2.02. The summed E-state index contributed by atoms with van der Waals surface area (Å²) in [6.45, 7) is 10.6. The van der Waals surface area contributed by atoms with E-state index < -0.39 is 0 Å². The van der Waals surface area contributed by atoms with E-state index in [1.807, 2.05) is 6.21 Å². The molecule has 1 aromatic rings. The molecule has 2 heteroatoms. The summed E-state index contributed by atoms with van der Waals surface area (Å²) < 4.78 is 0. The number of nitrogens with one attached hydrogen (secondary N) is 1. The van der Waals surface area contributed by atoms with Crippen LogP contribution in [0.25, 0.3) is 5.57 Å². The normalized spacial score (nSPS) is 18.6. The average molecular weight is 214 g/mol. The van der Waals surface area contributed by atoms with E-state index in [4.69, 9.17) is 0 Å². The lowest BCUT2D eigenvalue weighted by molar-refractivity contribution is 1.25. The summed E-state index contributed by atoms with van der Waals surface area (Å²) >= 11 is 0. The van der Waals surface area contributed by atoms with E-state index in [2.05, 4.69) is 50.8 Å². The first kappa shape index (κ1) is 10.9. The molecule has 0 fully saturated rings. The van der Waals surface area contributed by atoms with Gasteiger partial charge in [0.25, 0.3) is 0 Å². The third-order valence-corrected chi connectivity index (χ3v) is 3.46. The predicted molar refractivity (Wildman–Crippen MR) is 69.7 cm³/mol. The Morgan fingerprint density at radius 3 is 2.31 bits per heavy atom. The molecular weight excluding hydrogens is 196 g/mol. The Morgan fingerprint density at radius 1 is 1.19 bits per heavy atom. The molecular formula is C14H18N2. The van der Waals surface area contributed by atoms with Gasteiger partial charge in [-0.05, 0) is 62.5 Å². The molecule has 0 bridgehead atoms. The summed E-state index contributed by atoms with van der Waals surface area (Å²) in [5, 5.41) is 0.